The van der Waals surface area contributed by atoms with Gasteiger partial charge in [-0.2, -0.15) is 0 Å². The van der Waals surface area contributed by atoms with Gasteiger partial charge in [0.2, 0.25) is 0 Å². The smallest absolute Gasteiger partial charge is 0.192 e. The van der Waals surface area contributed by atoms with Gasteiger partial charge in [0.05, 0.1) is 19.8 Å². The molecule has 0 unspecified atom stereocenters. The number of hydrogen-bond acceptors (Lipinski definition) is 3. The molecule has 2 rings (SSSR count). The largest absolute Gasteiger partial charge is 0.494 e. The van der Waals surface area contributed by atoms with Crippen LogP contribution in [-0.4, -0.2) is 19.8 Å². The molecule has 3 nitrogen and oxygen atoms in total. The Morgan fingerprint density at radius 3 is 2.33 bits per heavy atom. The Bertz CT molecular complexity index is 312. The Morgan fingerprint density at radius 1 is 1.20 bits per heavy atom. The van der Waals surface area contributed by atoms with Crippen molar-refractivity contribution in [2.24, 2.45) is 0 Å². The Morgan fingerprint density at radius 2 is 1.80 bits per heavy atom. The maximum Gasteiger partial charge on any atom is 0.192 e. The molecule has 1 aromatic rings. The predicted molar refractivity (Wildman–Crippen MR) is 56.9 cm³/mol. The highest BCUT2D eigenvalue weighted by molar-refractivity contribution is 5.29. The summed E-state index contributed by atoms with van der Waals surface area (Å²) in [5.74, 6) is 0.299. The maximum atomic E-state index is 5.56. The van der Waals surface area contributed by atoms with Crippen LogP contribution in [0.25, 0.3) is 0 Å². The highest BCUT2D eigenvalue weighted by Crippen LogP contribution is 2.31. The van der Waals surface area contributed by atoms with E-state index in [9.17, 15) is 0 Å². The molecule has 0 bridgehead atoms. The zero-order chi connectivity index (χ0) is 10.7. The van der Waals surface area contributed by atoms with Gasteiger partial charge in [-0.15, -0.1) is 0 Å². The molecule has 1 aromatic carbocycles. The van der Waals surface area contributed by atoms with Crippen molar-refractivity contribution in [3.8, 4) is 5.75 Å². The first kappa shape index (κ1) is 10.5. The SMILES string of the molecule is CCOc1ccc(C2(C)OCCO2)cc1. The summed E-state index contributed by atoms with van der Waals surface area (Å²) in [6.45, 7) is 5.91. The highest BCUT2D eigenvalue weighted by atomic mass is 16.7. The molecule has 1 fully saturated rings. The first-order valence-electron chi connectivity index (χ1n) is 5.26. The third kappa shape index (κ3) is 2.13. The second-order valence-corrected chi connectivity index (χ2v) is 3.60. The average molecular weight is 208 g/mol. The molecule has 1 saturated heterocycles. The van der Waals surface area contributed by atoms with Crippen LogP contribution in [0.5, 0.6) is 5.75 Å². The van der Waals surface area contributed by atoms with E-state index in [1.165, 1.54) is 0 Å². The van der Waals surface area contributed by atoms with E-state index in [2.05, 4.69) is 0 Å². The first-order valence-corrected chi connectivity index (χ1v) is 5.26. The van der Waals surface area contributed by atoms with Gasteiger partial charge in [0.1, 0.15) is 5.75 Å². The van der Waals surface area contributed by atoms with E-state index in [0.717, 1.165) is 11.3 Å². The van der Waals surface area contributed by atoms with Gasteiger partial charge >= 0.3 is 0 Å². The molecule has 0 aliphatic carbocycles. The van der Waals surface area contributed by atoms with Gasteiger partial charge in [-0.3, -0.25) is 0 Å². The van der Waals surface area contributed by atoms with Crippen LogP contribution in [0.2, 0.25) is 0 Å². The van der Waals surface area contributed by atoms with Crippen molar-refractivity contribution in [1.29, 1.82) is 0 Å². The lowest BCUT2D eigenvalue weighted by atomic mass is 10.1. The van der Waals surface area contributed by atoms with Crippen LogP contribution in [0.1, 0.15) is 19.4 Å². The molecule has 0 N–H and O–H groups in total. The Labute approximate surface area is 90.0 Å². The molecule has 0 saturated carbocycles. The summed E-state index contributed by atoms with van der Waals surface area (Å²) >= 11 is 0. The number of ether oxygens (including phenoxy) is 3. The predicted octanol–water partition coefficient (Wildman–Crippen LogP) is 2.30. The van der Waals surface area contributed by atoms with Crippen molar-refractivity contribution in [2.75, 3.05) is 19.8 Å². The average Bonchev–Trinajstić information content (AvgIpc) is 2.68. The van der Waals surface area contributed by atoms with Crippen LogP contribution in [0.4, 0.5) is 0 Å². The van der Waals surface area contributed by atoms with Crippen molar-refractivity contribution in [3.05, 3.63) is 29.8 Å². The fraction of sp³-hybridized carbons (Fsp3) is 0.500. The Hall–Kier alpha value is -1.06. The van der Waals surface area contributed by atoms with Crippen LogP contribution in [-0.2, 0) is 15.3 Å². The fourth-order valence-electron chi connectivity index (χ4n) is 1.70. The van der Waals surface area contributed by atoms with Crippen LogP contribution >= 0.6 is 0 Å². The van der Waals surface area contributed by atoms with Crippen molar-refractivity contribution < 1.29 is 14.2 Å². The minimum absolute atomic E-state index is 0.579. The molecule has 0 aromatic heterocycles. The summed E-state index contributed by atoms with van der Waals surface area (Å²) < 4.78 is 16.5. The van der Waals surface area contributed by atoms with E-state index >= 15 is 0 Å². The van der Waals surface area contributed by atoms with Crippen molar-refractivity contribution in [2.45, 2.75) is 19.6 Å². The van der Waals surface area contributed by atoms with Crippen molar-refractivity contribution in [1.82, 2.24) is 0 Å². The van der Waals surface area contributed by atoms with Gasteiger partial charge < -0.3 is 14.2 Å². The fourth-order valence-corrected chi connectivity index (χ4v) is 1.70. The second-order valence-electron chi connectivity index (χ2n) is 3.60. The van der Waals surface area contributed by atoms with Crippen LogP contribution in [0, 0.1) is 0 Å². The van der Waals surface area contributed by atoms with Gasteiger partial charge in [0, 0.05) is 5.56 Å². The van der Waals surface area contributed by atoms with Crippen LogP contribution in [0.15, 0.2) is 24.3 Å². The van der Waals surface area contributed by atoms with Crippen molar-refractivity contribution in [3.63, 3.8) is 0 Å². The molecule has 1 aliphatic rings. The summed E-state index contributed by atoms with van der Waals surface area (Å²) in [7, 11) is 0. The van der Waals surface area contributed by atoms with Gasteiger partial charge in [0.15, 0.2) is 5.79 Å². The van der Waals surface area contributed by atoms with Gasteiger partial charge in [0.25, 0.3) is 0 Å². The monoisotopic (exact) mass is 208 g/mol. The molecule has 0 atom stereocenters. The zero-order valence-electron chi connectivity index (χ0n) is 9.16. The molecular formula is C12H16O3. The molecule has 3 heteroatoms. The molecule has 15 heavy (non-hydrogen) atoms. The minimum atomic E-state index is -0.579. The summed E-state index contributed by atoms with van der Waals surface area (Å²) in [5.41, 5.74) is 1.03. The summed E-state index contributed by atoms with van der Waals surface area (Å²) in [6.07, 6.45) is 0. The Kier molecular flexibility index (Phi) is 2.93. The summed E-state index contributed by atoms with van der Waals surface area (Å²) in [5, 5.41) is 0. The molecule has 0 radical (unpaired) electrons. The molecule has 82 valence electrons. The van der Waals surface area contributed by atoms with Crippen molar-refractivity contribution >= 4 is 0 Å². The van der Waals surface area contributed by atoms with E-state index in [4.69, 9.17) is 14.2 Å². The molecule has 1 heterocycles. The van der Waals surface area contributed by atoms with Gasteiger partial charge in [-0.25, -0.2) is 0 Å². The minimum Gasteiger partial charge on any atom is -0.494 e. The number of rotatable bonds is 3. The lowest BCUT2D eigenvalue weighted by Crippen LogP contribution is -2.22. The maximum absolute atomic E-state index is 5.56. The second kappa shape index (κ2) is 4.21. The van der Waals surface area contributed by atoms with E-state index in [0.29, 0.717) is 19.8 Å². The molecular weight excluding hydrogens is 192 g/mol. The third-order valence-corrected chi connectivity index (χ3v) is 2.53. The Balaban J connectivity index is 2.15. The first-order chi connectivity index (χ1) is 7.24. The highest BCUT2D eigenvalue weighted by Gasteiger charge is 2.32. The molecule has 1 aliphatic heterocycles. The van der Waals surface area contributed by atoms with E-state index < -0.39 is 5.79 Å². The lowest BCUT2D eigenvalue weighted by molar-refractivity contribution is -0.149. The van der Waals surface area contributed by atoms with Gasteiger partial charge in [-0.05, 0) is 38.1 Å². The number of benzene rings is 1. The zero-order valence-corrected chi connectivity index (χ0v) is 9.16. The molecule has 0 amide bonds. The number of hydrogen-bond donors (Lipinski definition) is 0. The topological polar surface area (TPSA) is 27.7 Å². The summed E-state index contributed by atoms with van der Waals surface area (Å²) in [6, 6.07) is 7.84. The van der Waals surface area contributed by atoms with Crippen LogP contribution in [0.3, 0.4) is 0 Å². The van der Waals surface area contributed by atoms with E-state index in [1.54, 1.807) is 0 Å². The lowest BCUT2D eigenvalue weighted by Gasteiger charge is -2.22. The molecule has 0 spiro atoms. The quantitative estimate of drug-likeness (QED) is 0.762. The van der Waals surface area contributed by atoms with E-state index in [-0.39, 0.29) is 0 Å². The normalized spacial score (nSPS) is 19.1. The van der Waals surface area contributed by atoms with Crippen LogP contribution < -0.4 is 4.74 Å². The standard InChI is InChI=1S/C12H16O3/c1-3-13-11-6-4-10(5-7-11)12(2)14-8-9-15-12/h4-7H,3,8-9H2,1-2H3. The third-order valence-electron chi connectivity index (χ3n) is 2.53. The van der Waals surface area contributed by atoms with E-state index in [1.807, 2.05) is 38.1 Å². The van der Waals surface area contributed by atoms with Gasteiger partial charge in [-0.1, -0.05) is 0 Å². The summed E-state index contributed by atoms with van der Waals surface area (Å²) in [4.78, 5) is 0.